The number of aromatic nitrogens is 2. The summed E-state index contributed by atoms with van der Waals surface area (Å²) in [5, 5.41) is 11.3. The van der Waals surface area contributed by atoms with Crippen LogP contribution in [0.25, 0.3) is 0 Å². The van der Waals surface area contributed by atoms with E-state index in [1.807, 2.05) is 0 Å². The molecule has 1 saturated heterocycles. The fraction of sp³-hybridized carbons (Fsp3) is 0.294. The highest BCUT2D eigenvalue weighted by atomic mass is 35.5. The summed E-state index contributed by atoms with van der Waals surface area (Å²) in [4.78, 5) is 32.1. The molecule has 1 aromatic heterocycles. The fourth-order valence-electron chi connectivity index (χ4n) is 2.71. The average molecular weight is 431 g/mol. The predicted molar refractivity (Wildman–Crippen MR) is 94.6 cm³/mol. The third kappa shape index (κ3) is 4.86. The number of carbonyl (C=O) groups excluding carboxylic acids is 1. The highest BCUT2D eigenvalue weighted by Gasteiger charge is 2.34. The SMILES string of the molecule is O=C1CN(c2ncc(OCc3c(Cl)cccc3C(F)(F)F)cn2)CC(C(=O)O)N1. The molecule has 0 aliphatic carbocycles. The molecule has 1 amide bonds. The molecule has 12 heteroatoms. The molecule has 0 saturated carbocycles. The minimum atomic E-state index is -4.58. The zero-order valence-corrected chi connectivity index (χ0v) is 15.4. The number of alkyl halides is 3. The second-order valence-electron chi connectivity index (χ2n) is 6.11. The third-order valence-electron chi connectivity index (χ3n) is 4.08. The number of halogens is 4. The Morgan fingerprint density at radius 1 is 1.34 bits per heavy atom. The van der Waals surface area contributed by atoms with Gasteiger partial charge < -0.3 is 20.1 Å². The van der Waals surface area contributed by atoms with E-state index in [0.717, 1.165) is 6.07 Å². The fourth-order valence-corrected chi connectivity index (χ4v) is 2.94. The van der Waals surface area contributed by atoms with Crippen LogP contribution in [0.5, 0.6) is 5.75 Å². The van der Waals surface area contributed by atoms with Crippen LogP contribution >= 0.6 is 11.6 Å². The standard InChI is InChI=1S/C17H14ClF3N4O4/c18-12-3-1-2-11(17(19,20)21)10(12)8-29-9-4-22-16(23-5-9)25-6-13(15(27)28)24-14(26)7-25/h1-5,13H,6-8H2,(H,24,26)(H,27,28). The van der Waals surface area contributed by atoms with E-state index in [2.05, 4.69) is 15.3 Å². The Hall–Kier alpha value is -3.08. The molecule has 2 N–H and O–H groups in total. The molecule has 2 aromatic rings. The molecule has 1 fully saturated rings. The summed E-state index contributed by atoms with van der Waals surface area (Å²) in [6, 6.07) is 2.34. The van der Waals surface area contributed by atoms with Gasteiger partial charge >= 0.3 is 12.1 Å². The van der Waals surface area contributed by atoms with Gasteiger partial charge in [-0.05, 0) is 12.1 Å². The number of amides is 1. The van der Waals surface area contributed by atoms with Crippen molar-refractivity contribution in [2.24, 2.45) is 0 Å². The number of nitrogens with zero attached hydrogens (tertiary/aromatic N) is 3. The lowest BCUT2D eigenvalue weighted by atomic mass is 10.1. The maximum Gasteiger partial charge on any atom is 0.416 e. The van der Waals surface area contributed by atoms with Gasteiger partial charge in [0.05, 0.1) is 31.0 Å². The predicted octanol–water partition coefficient (Wildman–Crippen LogP) is 2.12. The average Bonchev–Trinajstić information content (AvgIpc) is 2.66. The Labute approximate surface area is 167 Å². The van der Waals surface area contributed by atoms with E-state index < -0.39 is 36.3 Å². The number of hydrogen-bond acceptors (Lipinski definition) is 6. The van der Waals surface area contributed by atoms with Crippen LogP contribution < -0.4 is 15.0 Å². The van der Waals surface area contributed by atoms with Gasteiger partial charge in [0, 0.05) is 10.6 Å². The van der Waals surface area contributed by atoms with Gasteiger partial charge in [-0.3, -0.25) is 4.79 Å². The second-order valence-corrected chi connectivity index (χ2v) is 6.52. The van der Waals surface area contributed by atoms with Crippen molar-refractivity contribution in [3.05, 3.63) is 46.7 Å². The van der Waals surface area contributed by atoms with Gasteiger partial charge in [-0.15, -0.1) is 0 Å². The van der Waals surface area contributed by atoms with E-state index in [0.29, 0.717) is 0 Å². The van der Waals surface area contributed by atoms with Crippen molar-refractivity contribution in [3.63, 3.8) is 0 Å². The Morgan fingerprint density at radius 2 is 2.03 bits per heavy atom. The molecule has 154 valence electrons. The lowest BCUT2D eigenvalue weighted by Gasteiger charge is -2.30. The minimum absolute atomic E-state index is 0.0319. The molecule has 1 aliphatic rings. The molecule has 0 spiro atoms. The third-order valence-corrected chi connectivity index (χ3v) is 4.43. The highest BCUT2D eigenvalue weighted by molar-refractivity contribution is 6.31. The largest absolute Gasteiger partial charge is 0.486 e. The topological polar surface area (TPSA) is 105 Å². The number of ether oxygens (including phenoxy) is 1. The van der Waals surface area contributed by atoms with Gasteiger partial charge in [-0.1, -0.05) is 17.7 Å². The van der Waals surface area contributed by atoms with Crippen LogP contribution in [-0.4, -0.2) is 46.1 Å². The molecule has 1 aromatic carbocycles. The van der Waals surface area contributed by atoms with Crippen LogP contribution in [0.3, 0.4) is 0 Å². The quantitative estimate of drug-likeness (QED) is 0.748. The van der Waals surface area contributed by atoms with Gasteiger partial charge in [0.1, 0.15) is 12.6 Å². The van der Waals surface area contributed by atoms with Crippen molar-refractivity contribution in [1.29, 1.82) is 0 Å². The van der Waals surface area contributed by atoms with Crippen molar-refractivity contribution in [1.82, 2.24) is 15.3 Å². The lowest BCUT2D eigenvalue weighted by molar-refractivity contribution is -0.142. The number of benzene rings is 1. The summed E-state index contributed by atoms with van der Waals surface area (Å²) < 4.78 is 44.7. The van der Waals surface area contributed by atoms with E-state index in [1.54, 1.807) is 0 Å². The lowest BCUT2D eigenvalue weighted by Crippen LogP contribution is -2.57. The van der Waals surface area contributed by atoms with Crippen LogP contribution in [-0.2, 0) is 22.4 Å². The first-order valence-corrected chi connectivity index (χ1v) is 8.59. The van der Waals surface area contributed by atoms with Crippen LogP contribution in [0.4, 0.5) is 19.1 Å². The molecule has 0 radical (unpaired) electrons. The maximum absolute atomic E-state index is 13.1. The van der Waals surface area contributed by atoms with Crippen LogP contribution in [0.2, 0.25) is 5.02 Å². The number of carboxylic acid groups (broad SMARTS) is 1. The Morgan fingerprint density at radius 3 is 2.66 bits per heavy atom. The maximum atomic E-state index is 13.1. The van der Waals surface area contributed by atoms with Crippen LogP contribution in [0.15, 0.2) is 30.6 Å². The number of anilines is 1. The Bertz CT molecular complexity index is 924. The molecule has 0 bridgehead atoms. The summed E-state index contributed by atoms with van der Waals surface area (Å²) in [6.45, 7) is -0.612. The van der Waals surface area contributed by atoms with Gasteiger partial charge in [0.2, 0.25) is 11.9 Å². The summed E-state index contributed by atoms with van der Waals surface area (Å²) in [6.07, 6.45) is -2.15. The molecule has 1 atom stereocenters. The first-order chi connectivity index (χ1) is 13.6. The summed E-state index contributed by atoms with van der Waals surface area (Å²) in [5.41, 5.74) is -1.12. The molecule has 1 aliphatic heterocycles. The number of carboxylic acids is 1. The molecule has 1 unspecified atom stereocenters. The van der Waals surface area contributed by atoms with Gasteiger partial charge in [-0.2, -0.15) is 13.2 Å². The van der Waals surface area contributed by atoms with Crippen molar-refractivity contribution in [2.45, 2.75) is 18.8 Å². The van der Waals surface area contributed by atoms with Crippen LogP contribution in [0, 0.1) is 0 Å². The minimum Gasteiger partial charge on any atom is -0.486 e. The van der Waals surface area contributed by atoms with Crippen molar-refractivity contribution in [3.8, 4) is 5.75 Å². The number of rotatable bonds is 5. The smallest absolute Gasteiger partial charge is 0.416 e. The van der Waals surface area contributed by atoms with Crippen molar-refractivity contribution in [2.75, 3.05) is 18.0 Å². The zero-order chi connectivity index (χ0) is 21.2. The molecular formula is C17H14ClF3N4O4. The van der Waals surface area contributed by atoms with E-state index in [1.165, 1.54) is 29.4 Å². The molecule has 8 nitrogen and oxygen atoms in total. The first kappa shape index (κ1) is 20.6. The summed E-state index contributed by atoms with van der Waals surface area (Å²) in [5.74, 6) is -1.51. The van der Waals surface area contributed by atoms with Gasteiger partial charge in [0.25, 0.3) is 0 Å². The van der Waals surface area contributed by atoms with E-state index in [4.69, 9.17) is 21.4 Å². The molecule has 2 heterocycles. The number of piperazine rings is 1. The van der Waals surface area contributed by atoms with Gasteiger partial charge in [-0.25, -0.2) is 14.8 Å². The first-order valence-electron chi connectivity index (χ1n) is 8.21. The van der Waals surface area contributed by atoms with Crippen molar-refractivity contribution < 1.29 is 32.6 Å². The normalized spacial score (nSPS) is 17.0. The number of carbonyl (C=O) groups is 2. The molecule has 3 rings (SSSR count). The van der Waals surface area contributed by atoms with E-state index >= 15 is 0 Å². The number of nitrogens with one attached hydrogen (secondary N) is 1. The van der Waals surface area contributed by atoms with Crippen molar-refractivity contribution >= 4 is 29.4 Å². The molecule has 29 heavy (non-hydrogen) atoms. The number of hydrogen-bond donors (Lipinski definition) is 2. The van der Waals surface area contributed by atoms with Crippen LogP contribution in [0.1, 0.15) is 11.1 Å². The summed E-state index contributed by atoms with van der Waals surface area (Å²) in [7, 11) is 0. The second kappa shape index (κ2) is 8.11. The van der Waals surface area contributed by atoms with Gasteiger partial charge in [0.15, 0.2) is 5.75 Å². The summed E-state index contributed by atoms with van der Waals surface area (Å²) >= 11 is 5.88. The van der Waals surface area contributed by atoms with E-state index in [-0.39, 0.29) is 35.4 Å². The Kier molecular flexibility index (Phi) is 5.78. The molecular weight excluding hydrogens is 417 g/mol. The number of aliphatic carboxylic acids is 1. The van der Waals surface area contributed by atoms with E-state index in [9.17, 15) is 22.8 Å². The highest BCUT2D eigenvalue weighted by Crippen LogP contribution is 2.35. The zero-order valence-electron chi connectivity index (χ0n) is 14.6. The monoisotopic (exact) mass is 430 g/mol. The Balaban J connectivity index is 1.71.